The molecular weight excluding hydrogens is 274 g/mol. The molecule has 4 heteroatoms. The molecule has 0 saturated carbocycles. The number of aromatic nitrogens is 1. The minimum Gasteiger partial charge on any atom is -0.384 e. The first-order valence-corrected chi connectivity index (χ1v) is 7.58. The van der Waals surface area contributed by atoms with Gasteiger partial charge in [0.2, 0.25) is 0 Å². The van der Waals surface area contributed by atoms with Crippen LogP contribution in [0.2, 0.25) is 0 Å². The van der Waals surface area contributed by atoms with Gasteiger partial charge in [-0.15, -0.1) is 0 Å². The SMILES string of the molecule is Cc1ccccc1CNC(=O)c1cncc(NCC(C)C)c1. The fourth-order valence-electron chi connectivity index (χ4n) is 2.07. The molecule has 0 radical (unpaired) electrons. The van der Waals surface area contributed by atoms with E-state index < -0.39 is 0 Å². The lowest BCUT2D eigenvalue weighted by Crippen LogP contribution is -2.23. The van der Waals surface area contributed by atoms with E-state index in [-0.39, 0.29) is 5.91 Å². The number of nitrogens with one attached hydrogen (secondary N) is 2. The van der Waals surface area contributed by atoms with Gasteiger partial charge in [0.05, 0.1) is 11.3 Å². The van der Waals surface area contributed by atoms with Gasteiger partial charge in [0.15, 0.2) is 0 Å². The van der Waals surface area contributed by atoms with Gasteiger partial charge in [-0.25, -0.2) is 0 Å². The summed E-state index contributed by atoms with van der Waals surface area (Å²) in [6, 6.07) is 9.87. The van der Waals surface area contributed by atoms with Crippen LogP contribution >= 0.6 is 0 Å². The quantitative estimate of drug-likeness (QED) is 0.859. The maximum atomic E-state index is 12.2. The highest BCUT2D eigenvalue weighted by Crippen LogP contribution is 2.10. The maximum absolute atomic E-state index is 12.2. The highest BCUT2D eigenvalue weighted by atomic mass is 16.1. The van der Waals surface area contributed by atoms with Crippen LogP contribution < -0.4 is 10.6 Å². The Hall–Kier alpha value is -2.36. The van der Waals surface area contributed by atoms with E-state index in [9.17, 15) is 4.79 Å². The maximum Gasteiger partial charge on any atom is 0.253 e. The highest BCUT2D eigenvalue weighted by molar-refractivity contribution is 5.94. The standard InChI is InChI=1S/C18H23N3O/c1-13(2)9-20-17-8-16(10-19-12-17)18(22)21-11-15-7-5-4-6-14(15)3/h4-8,10,12-13,20H,9,11H2,1-3H3,(H,21,22). The molecule has 2 rings (SSSR count). The van der Waals surface area contributed by atoms with Crippen LogP contribution in [0.4, 0.5) is 5.69 Å². The summed E-state index contributed by atoms with van der Waals surface area (Å²) in [5.41, 5.74) is 3.74. The molecule has 0 atom stereocenters. The van der Waals surface area contributed by atoms with Crippen molar-refractivity contribution < 1.29 is 4.79 Å². The predicted octanol–water partition coefficient (Wildman–Crippen LogP) is 3.39. The van der Waals surface area contributed by atoms with Crippen LogP contribution in [0.25, 0.3) is 0 Å². The lowest BCUT2D eigenvalue weighted by Gasteiger charge is -2.11. The average molecular weight is 297 g/mol. The largest absolute Gasteiger partial charge is 0.384 e. The van der Waals surface area contributed by atoms with Crippen molar-refractivity contribution in [2.24, 2.45) is 5.92 Å². The van der Waals surface area contributed by atoms with Gasteiger partial charge in [-0.1, -0.05) is 38.1 Å². The van der Waals surface area contributed by atoms with Crippen molar-refractivity contribution in [3.8, 4) is 0 Å². The average Bonchev–Trinajstić information content (AvgIpc) is 2.52. The summed E-state index contributed by atoms with van der Waals surface area (Å²) in [6.07, 6.45) is 3.33. The third-order valence-corrected chi connectivity index (χ3v) is 3.42. The van der Waals surface area contributed by atoms with Crippen molar-refractivity contribution in [1.82, 2.24) is 10.3 Å². The molecule has 0 unspecified atom stereocenters. The number of anilines is 1. The van der Waals surface area contributed by atoms with E-state index in [1.54, 1.807) is 12.4 Å². The Balaban J connectivity index is 1.97. The van der Waals surface area contributed by atoms with Crippen LogP contribution in [-0.2, 0) is 6.54 Å². The normalized spacial score (nSPS) is 10.5. The molecule has 116 valence electrons. The first kappa shape index (κ1) is 16.0. The molecule has 1 aromatic heterocycles. The van der Waals surface area contributed by atoms with Crippen molar-refractivity contribution in [3.05, 3.63) is 59.4 Å². The van der Waals surface area contributed by atoms with Gasteiger partial charge >= 0.3 is 0 Å². The van der Waals surface area contributed by atoms with Gasteiger partial charge in [-0.2, -0.15) is 0 Å². The van der Waals surface area contributed by atoms with E-state index in [0.717, 1.165) is 17.8 Å². The molecule has 0 aliphatic rings. The minimum absolute atomic E-state index is 0.107. The fourth-order valence-corrected chi connectivity index (χ4v) is 2.07. The lowest BCUT2D eigenvalue weighted by atomic mass is 10.1. The number of amides is 1. The van der Waals surface area contributed by atoms with Crippen molar-refractivity contribution in [1.29, 1.82) is 0 Å². The monoisotopic (exact) mass is 297 g/mol. The number of nitrogens with zero attached hydrogens (tertiary/aromatic N) is 1. The van der Waals surface area contributed by atoms with Crippen LogP contribution in [0.1, 0.15) is 35.3 Å². The van der Waals surface area contributed by atoms with E-state index in [4.69, 9.17) is 0 Å². The summed E-state index contributed by atoms with van der Waals surface area (Å²) in [5, 5.41) is 6.22. The molecule has 0 bridgehead atoms. The molecule has 22 heavy (non-hydrogen) atoms. The third-order valence-electron chi connectivity index (χ3n) is 3.42. The minimum atomic E-state index is -0.107. The number of aryl methyl sites for hydroxylation is 1. The molecule has 2 N–H and O–H groups in total. The zero-order valence-electron chi connectivity index (χ0n) is 13.4. The second-order valence-corrected chi connectivity index (χ2v) is 5.85. The van der Waals surface area contributed by atoms with Crippen molar-refractivity contribution >= 4 is 11.6 Å². The van der Waals surface area contributed by atoms with Crippen molar-refractivity contribution in [3.63, 3.8) is 0 Å². The predicted molar refractivity (Wildman–Crippen MR) is 89.9 cm³/mol. The Morgan fingerprint density at radius 2 is 2.00 bits per heavy atom. The van der Waals surface area contributed by atoms with Crippen molar-refractivity contribution in [2.45, 2.75) is 27.3 Å². The summed E-state index contributed by atoms with van der Waals surface area (Å²) in [4.78, 5) is 16.4. The summed E-state index contributed by atoms with van der Waals surface area (Å²) in [7, 11) is 0. The van der Waals surface area contributed by atoms with Crippen LogP contribution in [-0.4, -0.2) is 17.4 Å². The van der Waals surface area contributed by atoms with Crippen LogP contribution in [0.5, 0.6) is 0 Å². The van der Waals surface area contributed by atoms with Gasteiger partial charge in [0.25, 0.3) is 5.91 Å². The second-order valence-electron chi connectivity index (χ2n) is 5.85. The molecule has 0 fully saturated rings. The first-order valence-electron chi connectivity index (χ1n) is 7.58. The topological polar surface area (TPSA) is 54.0 Å². The summed E-state index contributed by atoms with van der Waals surface area (Å²) >= 11 is 0. The Kier molecular flexibility index (Phi) is 5.53. The number of pyridine rings is 1. The molecule has 1 aromatic carbocycles. The smallest absolute Gasteiger partial charge is 0.253 e. The Morgan fingerprint density at radius 1 is 1.23 bits per heavy atom. The molecule has 4 nitrogen and oxygen atoms in total. The van der Waals surface area contributed by atoms with Crippen molar-refractivity contribution in [2.75, 3.05) is 11.9 Å². The molecular formula is C18H23N3O. The Labute approximate surface area is 132 Å². The zero-order chi connectivity index (χ0) is 15.9. The Bertz CT molecular complexity index is 638. The summed E-state index contributed by atoms with van der Waals surface area (Å²) < 4.78 is 0. The molecule has 1 amide bonds. The van der Waals surface area contributed by atoms with E-state index in [1.807, 2.05) is 37.3 Å². The number of benzene rings is 1. The van der Waals surface area contributed by atoms with Gasteiger partial charge in [-0.05, 0) is 30.0 Å². The van der Waals surface area contributed by atoms with Gasteiger partial charge < -0.3 is 10.6 Å². The second kappa shape index (κ2) is 7.59. The number of hydrogen-bond acceptors (Lipinski definition) is 3. The summed E-state index contributed by atoms with van der Waals surface area (Å²) in [5.74, 6) is 0.433. The number of carbonyl (C=O) groups excluding carboxylic acids is 1. The number of hydrogen-bond donors (Lipinski definition) is 2. The van der Waals surface area contributed by atoms with Gasteiger partial charge in [0, 0.05) is 25.5 Å². The highest BCUT2D eigenvalue weighted by Gasteiger charge is 2.07. The fraction of sp³-hybridized carbons (Fsp3) is 0.333. The number of carbonyl (C=O) groups is 1. The Morgan fingerprint density at radius 3 is 2.73 bits per heavy atom. The van der Waals surface area contributed by atoms with Gasteiger partial charge in [0.1, 0.15) is 0 Å². The zero-order valence-corrected chi connectivity index (χ0v) is 13.4. The molecule has 0 spiro atoms. The van der Waals surface area contributed by atoms with Crippen LogP contribution in [0, 0.1) is 12.8 Å². The van der Waals surface area contributed by atoms with Crippen LogP contribution in [0.3, 0.4) is 0 Å². The molecule has 0 saturated heterocycles. The summed E-state index contributed by atoms with van der Waals surface area (Å²) in [6.45, 7) is 7.70. The van der Waals surface area contributed by atoms with E-state index >= 15 is 0 Å². The molecule has 2 aromatic rings. The molecule has 1 heterocycles. The first-order chi connectivity index (χ1) is 10.6. The number of rotatable bonds is 6. The van der Waals surface area contributed by atoms with E-state index in [2.05, 4.69) is 29.5 Å². The van der Waals surface area contributed by atoms with E-state index in [0.29, 0.717) is 18.0 Å². The molecule has 0 aliphatic carbocycles. The van der Waals surface area contributed by atoms with Gasteiger partial charge in [-0.3, -0.25) is 9.78 Å². The lowest BCUT2D eigenvalue weighted by molar-refractivity contribution is 0.0950. The molecule has 0 aliphatic heterocycles. The van der Waals surface area contributed by atoms with E-state index in [1.165, 1.54) is 5.56 Å². The van der Waals surface area contributed by atoms with Crippen LogP contribution in [0.15, 0.2) is 42.7 Å². The third kappa shape index (κ3) is 4.58.